The lowest BCUT2D eigenvalue weighted by atomic mass is 10.1. The summed E-state index contributed by atoms with van der Waals surface area (Å²) in [6, 6.07) is 11.6. The van der Waals surface area contributed by atoms with Gasteiger partial charge < -0.3 is 15.4 Å². The van der Waals surface area contributed by atoms with Crippen LogP contribution in [0, 0.1) is 6.92 Å². The van der Waals surface area contributed by atoms with Crippen molar-refractivity contribution in [1.82, 2.24) is 5.32 Å². The number of nitrogens with one attached hydrogen (secondary N) is 2. The zero-order chi connectivity index (χ0) is 21.6. The van der Waals surface area contributed by atoms with E-state index in [2.05, 4.69) is 10.6 Å². The van der Waals surface area contributed by atoms with Crippen LogP contribution in [0.2, 0.25) is 0 Å². The third-order valence-corrected chi connectivity index (χ3v) is 4.98. The largest absolute Gasteiger partial charge is 0.454 e. The highest BCUT2D eigenvalue weighted by atomic mass is 32.2. The van der Waals surface area contributed by atoms with Crippen molar-refractivity contribution in [3.63, 3.8) is 0 Å². The van der Waals surface area contributed by atoms with Gasteiger partial charge in [-0.3, -0.25) is 9.59 Å². The van der Waals surface area contributed by atoms with E-state index in [1.54, 1.807) is 18.2 Å². The molecule has 0 aromatic heterocycles. The topological polar surface area (TPSA) is 119 Å². The van der Waals surface area contributed by atoms with Crippen molar-refractivity contribution in [3.8, 4) is 0 Å². The van der Waals surface area contributed by atoms with Gasteiger partial charge in [0.2, 0.25) is 0 Å². The Morgan fingerprint density at radius 1 is 1.07 bits per heavy atom. The smallest absolute Gasteiger partial charge is 0.328 e. The van der Waals surface area contributed by atoms with Gasteiger partial charge in [-0.1, -0.05) is 23.8 Å². The molecule has 0 radical (unpaired) electrons. The molecule has 0 aliphatic rings. The molecule has 154 valence electrons. The second kappa shape index (κ2) is 9.33. The normalized spacial score (nSPS) is 12.0. The Morgan fingerprint density at radius 2 is 1.76 bits per heavy atom. The van der Waals surface area contributed by atoms with Gasteiger partial charge in [-0.05, 0) is 44.2 Å². The molecular formula is C20H22N2O6S. The molecule has 0 spiro atoms. The Kier molecular flexibility index (Phi) is 7.11. The van der Waals surface area contributed by atoms with Crippen LogP contribution in [-0.2, 0) is 24.2 Å². The molecule has 2 rings (SSSR count). The Balaban J connectivity index is 1.86. The van der Waals surface area contributed by atoms with E-state index in [1.165, 1.54) is 31.2 Å². The van der Waals surface area contributed by atoms with Crippen LogP contribution >= 0.6 is 0 Å². The van der Waals surface area contributed by atoms with Crippen molar-refractivity contribution in [2.45, 2.75) is 24.8 Å². The summed E-state index contributed by atoms with van der Waals surface area (Å²) in [5, 5.41) is 4.96. The maximum atomic E-state index is 12.2. The van der Waals surface area contributed by atoms with Crippen molar-refractivity contribution in [1.29, 1.82) is 0 Å². The Hall–Kier alpha value is -3.20. The van der Waals surface area contributed by atoms with E-state index in [4.69, 9.17) is 4.74 Å². The van der Waals surface area contributed by atoms with Crippen molar-refractivity contribution < 1.29 is 27.5 Å². The van der Waals surface area contributed by atoms with Crippen molar-refractivity contribution >= 4 is 33.3 Å². The highest BCUT2D eigenvalue weighted by Crippen LogP contribution is 2.15. The number of anilines is 1. The van der Waals surface area contributed by atoms with Crippen LogP contribution in [0.3, 0.4) is 0 Å². The average molecular weight is 418 g/mol. The second-order valence-corrected chi connectivity index (χ2v) is 8.54. The summed E-state index contributed by atoms with van der Waals surface area (Å²) in [4.78, 5) is 36.2. The molecule has 0 bridgehead atoms. The average Bonchev–Trinajstić information content (AvgIpc) is 2.65. The van der Waals surface area contributed by atoms with E-state index in [1.807, 2.05) is 13.0 Å². The van der Waals surface area contributed by atoms with Gasteiger partial charge in [0.05, 0.1) is 4.90 Å². The minimum Gasteiger partial charge on any atom is -0.454 e. The summed E-state index contributed by atoms with van der Waals surface area (Å²) < 4.78 is 28.0. The van der Waals surface area contributed by atoms with E-state index < -0.39 is 40.3 Å². The Bertz CT molecular complexity index is 1030. The molecule has 0 saturated heterocycles. The third-order valence-electron chi connectivity index (χ3n) is 3.87. The molecule has 8 nitrogen and oxygen atoms in total. The second-order valence-electron chi connectivity index (χ2n) is 6.52. The fourth-order valence-electron chi connectivity index (χ4n) is 2.39. The number of rotatable bonds is 7. The molecule has 2 aromatic rings. The van der Waals surface area contributed by atoms with Gasteiger partial charge in [-0.15, -0.1) is 0 Å². The highest BCUT2D eigenvalue weighted by molar-refractivity contribution is 7.90. The monoisotopic (exact) mass is 418 g/mol. The number of aryl methyl sites for hydroxylation is 1. The van der Waals surface area contributed by atoms with Crippen molar-refractivity contribution in [2.75, 3.05) is 18.2 Å². The molecule has 2 amide bonds. The summed E-state index contributed by atoms with van der Waals surface area (Å²) in [7, 11) is -3.41. The lowest BCUT2D eigenvalue weighted by molar-refractivity contribution is -0.148. The number of hydrogen-bond donors (Lipinski definition) is 2. The van der Waals surface area contributed by atoms with Crippen LogP contribution in [0.15, 0.2) is 53.4 Å². The van der Waals surface area contributed by atoms with E-state index in [0.29, 0.717) is 5.56 Å². The summed E-state index contributed by atoms with van der Waals surface area (Å²) in [5.41, 5.74) is 1.58. The SMILES string of the molecule is Cc1cccc(C(=O)N[C@@H](C)C(=O)OCC(=O)Nc2cccc(S(C)(=O)=O)c2)c1. The first kappa shape index (κ1) is 22.1. The number of carbonyl (C=O) groups is 3. The Labute approximate surface area is 169 Å². The number of benzene rings is 2. The summed E-state index contributed by atoms with van der Waals surface area (Å²) in [6.07, 6.45) is 1.06. The first-order chi connectivity index (χ1) is 13.6. The number of ether oxygens (including phenoxy) is 1. The molecular weight excluding hydrogens is 396 g/mol. The van der Waals surface area contributed by atoms with Crippen molar-refractivity contribution in [2.24, 2.45) is 0 Å². The van der Waals surface area contributed by atoms with Crippen LogP contribution in [0.4, 0.5) is 5.69 Å². The van der Waals surface area contributed by atoms with Crippen LogP contribution < -0.4 is 10.6 Å². The molecule has 0 fully saturated rings. The summed E-state index contributed by atoms with van der Waals surface area (Å²) in [5.74, 6) is -1.84. The minimum atomic E-state index is -3.41. The quantitative estimate of drug-likeness (QED) is 0.661. The van der Waals surface area contributed by atoms with E-state index >= 15 is 0 Å². The van der Waals surface area contributed by atoms with Crippen molar-refractivity contribution in [3.05, 3.63) is 59.7 Å². The predicted molar refractivity (Wildman–Crippen MR) is 107 cm³/mol. The lowest BCUT2D eigenvalue weighted by Crippen LogP contribution is -2.40. The van der Waals surface area contributed by atoms with Crippen LogP contribution in [0.1, 0.15) is 22.8 Å². The number of esters is 1. The standard InChI is InChI=1S/C20H22N2O6S/c1-13-6-4-7-15(10-13)19(24)21-14(2)20(25)28-12-18(23)22-16-8-5-9-17(11-16)29(3,26)27/h4-11,14H,12H2,1-3H3,(H,21,24)(H,22,23)/t14-/m0/s1. The molecule has 0 unspecified atom stereocenters. The summed E-state index contributed by atoms with van der Waals surface area (Å²) >= 11 is 0. The van der Waals surface area contributed by atoms with Gasteiger partial charge in [-0.2, -0.15) is 0 Å². The molecule has 9 heteroatoms. The molecule has 0 aliphatic heterocycles. The zero-order valence-corrected chi connectivity index (χ0v) is 17.1. The first-order valence-electron chi connectivity index (χ1n) is 8.70. The molecule has 0 aliphatic carbocycles. The number of amides is 2. The zero-order valence-electron chi connectivity index (χ0n) is 16.3. The number of hydrogen-bond acceptors (Lipinski definition) is 6. The fraction of sp³-hybridized carbons (Fsp3) is 0.250. The van der Waals surface area contributed by atoms with Gasteiger partial charge in [0.15, 0.2) is 16.4 Å². The third kappa shape index (κ3) is 6.72. The van der Waals surface area contributed by atoms with Gasteiger partial charge in [0.1, 0.15) is 6.04 Å². The molecule has 29 heavy (non-hydrogen) atoms. The van der Waals surface area contributed by atoms with Crippen LogP contribution in [0.25, 0.3) is 0 Å². The molecule has 0 heterocycles. The van der Waals surface area contributed by atoms with Crippen LogP contribution in [0.5, 0.6) is 0 Å². The Morgan fingerprint density at radius 3 is 2.41 bits per heavy atom. The fourth-order valence-corrected chi connectivity index (χ4v) is 3.06. The van der Waals surface area contributed by atoms with E-state index in [9.17, 15) is 22.8 Å². The molecule has 1 atom stereocenters. The first-order valence-corrected chi connectivity index (χ1v) is 10.6. The minimum absolute atomic E-state index is 0.0554. The summed E-state index contributed by atoms with van der Waals surface area (Å²) in [6.45, 7) is 2.72. The van der Waals surface area contributed by atoms with Gasteiger partial charge in [0.25, 0.3) is 11.8 Å². The van der Waals surface area contributed by atoms with Gasteiger partial charge in [-0.25, -0.2) is 13.2 Å². The maximum Gasteiger partial charge on any atom is 0.328 e. The van der Waals surface area contributed by atoms with Gasteiger partial charge >= 0.3 is 5.97 Å². The molecule has 2 aromatic carbocycles. The maximum absolute atomic E-state index is 12.2. The number of sulfone groups is 1. The number of carbonyl (C=O) groups excluding carboxylic acids is 3. The van der Waals surface area contributed by atoms with Crippen LogP contribution in [-0.4, -0.2) is 45.1 Å². The predicted octanol–water partition coefficient (Wildman–Crippen LogP) is 1.70. The van der Waals surface area contributed by atoms with Gasteiger partial charge in [0, 0.05) is 17.5 Å². The lowest BCUT2D eigenvalue weighted by Gasteiger charge is -2.14. The van der Waals surface area contributed by atoms with E-state index in [-0.39, 0.29) is 10.6 Å². The van der Waals surface area contributed by atoms with E-state index in [0.717, 1.165) is 11.8 Å². The molecule has 2 N–H and O–H groups in total. The molecule has 0 saturated carbocycles. The highest BCUT2D eigenvalue weighted by Gasteiger charge is 2.19.